The van der Waals surface area contributed by atoms with Crippen LogP contribution in [0.4, 0.5) is 0 Å². The molecule has 1 fully saturated rings. The fraction of sp³-hybridized carbons (Fsp3) is 0.333. The van der Waals surface area contributed by atoms with Gasteiger partial charge in [0.25, 0.3) is 5.91 Å². The number of para-hydroxylation sites is 1. The highest BCUT2D eigenvalue weighted by molar-refractivity contribution is 5.96. The zero-order chi connectivity index (χ0) is 19.4. The lowest BCUT2D eigenvalue weighted by Crippen LogP contribution is -2.51. The van der Waals surface area contributed by atoms with E-state index in [0.717, 1.165) is 16.9 Å². The van der Waals surface area contributed by atoms with Gasteiger partial charge in [0.2, 0.25) is 0 Å². The highest BCUT2D eigenvalue weighted by Gasteiger charge is 2.33. The number of carbonyl (C=O) groups is 2. The number of nitrogens with zero attached hydrogens (tertiary/aromatic N) is 1. The first-order valence-corrected chi connectivity index (χ1v) is 8.99. The summed E-state index contributed by atoms with van der Waals surface area (Å²) in [6, 6.07) is 15.0. The maximum Gasteiger partial charge on any atom is 0.334 e. The first kappa shape index (κ1) is 18.9. The number of ether oxygens (including phenoxy) is 2. The Kier molecular flexibility index (Phi) is 5.76. The third-order valence-corrected chi connectivity index (χ3v) is 4.43. The number of amides is 1. The van der Waals surface area contributed by atoms with Crippen molar-refractivity contribution in [3.8, 4) is 16.9 Å². The summed E-state index contributed by atoms with van der Waals surface area (Å²) in [5, 5.41) is 9.22. The van der Waals surface area contributed by atoms with Crippen LogP contribution in [0.1, 0.15) is 24.2 Å². The van der Waals surface area contributed by atoms with Gasteiger partial charge in [-0.05, 0) is 37.6 Å². The van der Waals surface area contributed by atoms with Gasteiger partial charge >= 0.3 is 5.97 Å². The van der Waals surface area contributed by atoms with Crippen LogP contribution in [0.3, 0.4) is 0 Å². The predicted molar refractivity (Wildman–Crippen MR) is 101 cm³/mol. The van der Waals surface area contributed by atoms with Crippen molar-refractivity contribution in [3.05, 3.63) is 54.1 Å². The van der Waals surface area contributed by atoms with Crippen molar-refractivity contribution in [1.29, 1.82) is 0 Å². The van der Waals surface area contributed by atoms with Crippen LogP contribution in [0.2, 0.25) is 0 Å². The molecule has 3 rings (SSSR count). The molecule has 2 aromatic carbocycles. The molecule has 6 heteroatoms. The molecule has 27 heavy (non-hydrogen) atoms. The van der Waals surface area contributed by atoms with Crippen LogP contribution in [-0.4, -0.2) is 53.8 Å². The lowest BCUT2D eigenvalue weighted by atomic mass is 10.0. The predicted octanol–water partition coefficient (Wildman–Crippen LogP) is 3.07. The van der Waals surface area contributed by atoms with Crippen LogP contribution in [0.25, 0.3) is 11.1 Å². The van der Waals surface area contributed by atoms with Gasteiger partial charge in [-0.3, -0.25) is 4.79 Å². The Labute approximate surface area is 158 Å². The Morgan fingerprint density at radius 2 is 1.96 bits per heavy atom. The van der Waals surface area contributed by atoms with E-state index in [9.17, 15) is 14.7 Å². The Bertz CT molecular complexity index is 835. The molecule has 1 N–H and O–H groups in total. The van der Waals surface area contributed by atoms with E-state index in [1.807, 2.05) is 49.4 Å². The highest BCUT2D eigenvalue weighted by atomic mass is 16.5. The number of benzene rings is 2. The van der Waals surface area contributed by atoms with Gasteiger partial charge in [-0.25, -0.2) is 4.79 Å². The van der Waals surface area contributed by atoms with Gasteiger partial charge in [0.05, 0.1) is 19.3 Å². The minimum absolute atomic E-state index is 0.0399. The summed E-state index contributed by atoms with van der Waals surface area (Å²) in [6.45, 7) is 4.65. The average Bonchev–Trinajstić information content (AvgIpc) is 2.67. The number of hydrogen-bond donors (Lipinski definition) is 1. The van der Waals surface area contributed by atoms with Crippen LogP contribution < -0.4 is 4.74 Å². The third-order valence-electron chi connectivity index (χ3n) is 4.43. The monoisotopic (exact) mass is 369 g/mol. The van der Waals surface area contributed by atoms with Crippen molar-refractivity contribution in [1.82, 2.24) is 4.90 Å². The van der Waals surface area contributed by atoms with Crippen LogP contribution in [-0.2, 0) is 9.53 Å². The fourth-order valence-corrected chi connectivity index (χ4v) is 3.24. The Morgan fingerprint density at radius 1 is 1.19 bits per heavy atom. The Balaban J connectivity index is 1.87. The summed E-state index contributed by atoms with van der Waals surface area (Å²) in [7, 11) is 0. The molecule has 2 atom stereocenters. The summed E-state index contributed by atoms with van der Waals surface area (Å²) >= 11 is 0. The molecule has 0 spiro atoms. The molecule has 1 saturated heterocycles. The SMILES string of the molecule is CCOc1ccccc1-c1cccc(C(=O)N2CC(C(=O)O)O[C@H](C)C2)c1. The minimum atomic E-state index is -1.06. The maximum atomic E-state index is 13.0. The minimum Gasteiger partial charge on any atom is -0.493 e. The van der Waals surface area contributed by atoms with Gasteiger partial charge in [-0.15, -0.1) is 0 Å². The molecule has 2 aromatic rings. The zero-order valence-corrected chi connectivity index (χ0v) is 15.4. The molecular weight excluding hydrogens is 346 g/mol. The van der Waals surface area contributed by atoms with E-state index in [0.29, 0.717) is 18.7 Å². The van der Waals surface area contributed by atoms with E-state index < -0.39 is 12.1 Å². The van der Waals surface area contributed by atoms with E-state index in [1.54, 1.807) is 17.9 Å². The first-order chi connectivity index (χ1) is 13.0. The lowest BCUT2D eigenvalue weighted by molar-refractivity contribution is -0.160. The molecule has 0 aromatic heterocycles. The van der Waals surface area contributed by atoms with Crippen molar-refractivity contribution in [2.75, 3.05) is 19.7 Å². The van der Waals surface area contributed by atoms with Crippen molar-refractivity contribution in [2.24, 2.45) is 0 Å². The van der Waals surface area contributed by atoms with E-state index in [4.69, 9.17) is 9.47 Å². The number of aliphatic carboxylic acids is 1. The molecule has 0 saturated carbocycles. The van der Waals surface area contributed by atoms with Crippen molar-refractivity contribution in [2.45, 2.75) is 26.1 Å². The van der Waals surface area contributed by atoms with E-state index in [2.05, 4.69) is 0 Å². The molecule has 0 aliphatic carbocycles. The molecule has 1 amide bonds. The van der Waals surface area contributed by atoms with Gasteiger partial charge in [0.1, 0.15) is 5.75 Å². The van der Waals surface area contributed by atoms with Gasteiger partial charge in [-0.1, -0.05) is 30.3 Å². The molecule has 1 aliphatic rings. The van der Waals surface area contributed by atoms with Crippen LogP contribution in [0.5, 0.6) is 5.75 Å². The van der Waals surface area contributed by atoms with E-state index in [-0.39, 0.29) is 18.6 Å². The maximum absolute atomic E-state index is 13.0. The second-order valence-corrected chi connectivity index (χ2v) is 6.49. The summed E-state index contributed by atoms with van der Waals surface area (Å²) in [5.41, 5.74) is 2.30. The normalized spacial score (nSPS) is 19.6. The summed E-state index contributed by atoms with van der Waals surface area (Å²) in [5.74, 6) is -0.499. The van der Waals surface area contributed by atoms with Gasteiger partial charge in [0.15, 0.2) is 6.10 Å². The second kappa shape index (κ2) is 8.22. The Hall–Kier alpha value is -2.86. The van der Waals surface area contributed by atoms with Gasteiger partial charge < -0.3 is 19.5 Å². The van der Waals surface area contributed by atoms with Crippen LogP contribution in [0, 0.1) is 0 Å². The van der Waals surface area contributed by atoms with E-state index in [1.165, 1.54) is 0 Å². The van der Waals surface area contributed by atoms with Crippen molar-refractivity contribution in [3.63, 3.8) is 0 Å². The number of rotatable bonds is 5. The number of carboxylic acid groups (broad SMARTS) is 1. The molecule has 6 nitrogen and oxygen atoms in total. The highest BCUT2D eigenvalue weighted by Crippen LogP contribution is 2.30. The van der Waals surface area contributed by atoms with Crippen molar-refractivity contribution < 1.29 is 24.2 Å². The number of hydrogen-bond acceptors (Lipinski definition) is 4. The molecular formula is C21H23NO5. The van der Waals surface area contributed by atoms with E-state index >= 15 is 0 Å². The largest absolute Gasteiger partial charge is 0.493 e. The summed E-state index contributed by atoms with van der Waals surface area (Å²) in [6.07, 6.45) is -1.33. The zero-order valence-electron chi connectivity index (χ0n) is 15.4. The topological polar surface area (TPSA) is 76.1 Å². The Morgan fingerprint density at radius 3 is 2.70 bits per heavy atom. The quantitative estimate of drug-likeness (QED) is 0.877. The molecule has 0 radical (unpaired) electrons. The van der Waals surface area contributed by atoms with Crippen LogP contribution in [0.15, 0.2) is 48.5 Å². The summed E-state index contributed by atoms with van der Waals surface area (Å²) in [4.78, 5) is 25.8. The number of carbonyl (C=O) groups excluding carboxylic acids is 1. The fourth-order valence-electron chi connectivity index (χ4n) is 3.24. The third kappa shape index (κ3) is 4.28. The average molecular weight is 369 g/mol. The van der Waals surface area contributed by atoms with Gasteiger partial charge in [-0.2, -0.15) is 0 Å². The molecule has 142 valence electrons. The number of morpholine rings is 1. The summed E-state index contributed by atoms with van der Waals surface area (Å²) < 4.78 is 11.1. The molecule has 0 bridgehead atoms. The van der Waals surface area contributed by atoms with Crippen molar-refractivity contribution >= 4 is 11.9 Å². The first-order valence-electron chi connectivity index (χ1n) is 8.99. The standard InChI is InChI=1S/C21H23NO5/c1-3-26-18-10-5-4-9-17(18)15-7-6-8-16(11-15)20(23)22-12-14(2)27-19(13-22)21(24)25/h4-11,14,19H,3,12-13H2,1-2H3,(H,24,25)/t14-,19?/m1/s1. The second-order valence-electron chi connectivity index (χ2n) is 6.49. The molecule has 1 aliphatic heterocycles. The molecule has 1 heterocycles. The smallest absolute Gasteiger partial charge is 0.334 e. The lowest BCUT2D eigenvalue weighted by Gasteiger charge is -2.35. The number of carboxylic acids is 1. The van der Waals surface area contributed by atoms with Gasteiger partial charge in [0, 0.05) is 17.7 Å². The van der Waals surface area contributed by atoms with Crippen LogP contribution >= 0.6 is 0 Å². The molecule has 1 unspecified atom stereocenters.